The number of rotatable bonds is 7. The summed E-state index contributed by atoms with van der Waals surface area (Å²) in [6.45, 7) is 2.69. The average Bonchev–Trinajstić information content (AvgIpc) is 2.61. The number of hydrogen-bond acceptors (Lipinski definition) is 3. The van der Waals surface area contributed by atoms with Crippen molar-refractivity contribution in [3.8, 4) is 5.75 Å². The third-order valence-corrected chi connectivity index (χ3v) is 3.70. The lowest BCUT2D eigenvalue weighted by atomic mass is 10.0. The fourth-order valence-electron chi connectivity index (χ4n) is 2.27. The molecule has 5 heteroatoms. The SMILES string of the molecule is Cc1ccc(/C=C/C(=O)O)cc1C(=O)N(C)CCOc1ccccc1. The Labute approximate surface area is 147 Å². The molecule has 0 unspecified atom stereocenters. The summed E-state index contributed by atoms with van der Waals surface area (Å²) in [5.74, 6) is -0.385. The van der Waals surface area contributed by atoms with E-state index in [9.17, 15) is 9.59 Å². The highest BCUT2D eigenvalue weighted by molar-refractivity contribution is 5.96. The molecular weight excluding hydrogens is 318 g/mol. The van der Waals surface area contributed by atoms with Crippen molar-refractivity contribution in [2.75, 3.05) is 20.2 Å². The van der Waals surface area contributed by atoms with Gasteiger partial charge in [-0.3, -0.25) is 4.79 Å². The van der Waals surface area contributed by atoms with E-state index in [1.165, 1.54) is 6.08 Å². The van der Waals surface area contributed by atoms with Gasteiger partial charge in [0.2, 0.25) is 0 Å². The number of para-hydroxylation sites is 1. The Kier molecular flexibility index (Phi) is 6.34. The van der Waals surface area contributed by atoms with E-state index < -0.39 is 5.97 Å². The topological polar surface area (TPSA) is 66.8 Å². The van der Waals surface area contributed by atoms with Crippen molar-refractivity contribution >= 4 is 18.0 Å². The van der Waals surface area contributed by atoms with Crippen molar-refractivity contribution in [3.63, 3.8) is 0 Å². The number of aryl methyl sites for hydroxylation is 1. The fraction of sp³-hybridized carbons (Fsp3) is 0.200. The normalized spacial score (nSPS) is 10.6. The van der Waals surface area contributed by atoms with E-state index in [1.807, 2.05) is 43.3 Å². The number of ether oxygens (including phenoxy) is 1. The molecule has 0 atom stereocenters. The molecule has 130 valence electrons. The monoisotopic (exact) mass is 339 g/mol. The highest BCUT2D eigenvalue weighted by Gasteiger charge is 2.14. The maximum absolute atomic E-state index is 12.6. The Balaban J connectivity index is 2.00. The summed E-state index contributed by atoms with van der Waals surface area (Å²) in [4.78, 5) is 24.8. The molecule has 0 bridgehead atoms. The minimum atomic E-state index is -1.02. The Morgan fingerprint density at radius 3 is 2.56 bits per heavy atom. The summed E-state index contributed by atoms with van der Waals surface area (Å²) < 4.78 is 5.61. The van der Waals surface area contributed by atoms with Crippen LogP contribution in [-0.2, 0) is 4.79 Å². The zero-order valence-corrected chi connectivity index (χ0v) is 14.3. The van der Waals surface area contributed by atoms with Gasteiger partial charge in [0, 0.05) is 18.7 Å². The number of benzene rings is 2. The highest BCUT2D eigenvalue weighted by Crippen LogP contribution is 2.15. The molecule has 2 rings (SSSR count). The zero-order valence-electron chi connectivity index (χ0n) is 14.3. The van der Waals surface area contributed by atoms with Gasteiger partial charge >= 0.3 is 5.97 Å². The molecule has 0 spiro atoms. The second-order valence-corrected chi connectivity index (χ2v) is 5.63. The molecule has 0 radical (unpaired) electrons. The molecule has 0 aliphatic heterocycles. The Hall–Kier alpha value is -3.08. The van der Waals surface area contributed by atoms with Crippen LogP contribution in [0, 0.1) is 6.92 Å². The van der Waals surface area contributed by atoms with Gasteiger partial charge in [-0.15, -0.1) is 0 Å². The maximum Gasteiger partial charge on any atom is 0.328 e. The van der Waals surface area contributed by atoms with Crippen molar-refractivity contribution in [1.29, 1.82) is 0 Å². The van der Waals surface area contributed by atoms with Crippen LogP contribution < -0.4 is 4.74 Å². The lowest BCUT2D eigenvalue weighted by Gasteiger charge is -2.19. The number of likely N-dealkylation sites (N-methyl/N-ethyl adjacent to an activating group) is 1. The third kappa shape index (κ3) is 5.49. The van der Waals surface area contributed by atoms with Crippen LogP contribution in [0.15, 0.2) is 54.6 Å². The van der Waals surface area contributed by atoms with Gasteiger partial charge in [0.25, 0.3) is 5.91 Å². The third-order valence-electron chi connectivity index (χ3n) is 3.70. The van der Waals surface area contributed by atoms with Crippen LogP contribution in [0.4, 0.5) is 0 Å². The second kappa shape index (κ2) is 8.68. The Morgan fingerprint density at radius 2 is 1.88 bits per heavy atom. The lowest BCUT2D eigenvalue weighted by Crippen LogP contribution is -2.31. The van der Waals surface area contributed by atoms with Crippen molar-refractivity contribution in [1.82, 2.24) is 4.90 Å². The number of carboxylic acid groups (broad SMARTS) is 1. The first kappa shape index (κ1) is 18.3. The summed E-state index contributed by atoms with van der Waals surface area (Å²) in [6, 6.07) is 14.7. The fourth-order valence-corrected chi connectivity index (χ4v) is 2.27. The Bertz CT molecular complexity index is 769. The van der Waals surface area contributed by atoms with E-state index in [-0.39, 0.29) is 5.91 Å². The standard InChI is InChI=1S/C20H21NO4/c1-15-8-9-16(10-11-19(22)23)14-18(15)20(24)21(2)12-13-25-17-6-4-3-5-7-17/h3-11,14H,12-13H2,1-2H3,(H,22,23)/b11-10+. The van der Waals surface area contributed by atoms with Gasteiger partial charge in [-0.05, 0) is 42.3 Å². The van der Waals surface area contributed by atoms with Crippen molar-refractivity contribution < 1.29 is 19.4 Å². The van der Waals surface area contributed by atoms with Crippen LogP contribution in [0.1, 0.15) is 21.5 Å². The number of carbonyl (C=O) groups excluding carboxylic acids is 1. The molecule has 2 aromatic carbocycles. The maximum atomic E-state index is 12.6. The first-order valence-electron chi connectivity index (χ1n) is 7.92. The van der Waals surface area contributed by atoms with Gasteiger partial charge < -0.3 is 14.7 Å². The van der Waals surface area contributed by atoms with E-state index in [0.29, 0.717) is 24.3 Å². The summed E-state index contributed by atoms with van der Waals surface area (Å²) in [5, 5.41) is 8.71. The summed E-state index contributed by atoms with van der Waals surface area (Å²) in [6.07, 6.45) is 2.52. The van der Waals surface area contributed by atoms with E-state index in [0.717, 1.165) is 17.4 Å². The van der Waals surface area contributed by atoms with Crippen LogP contribution in [0.2, 0.25) is 0 Å². The quantitative estimate of drug-likeness (QED) is 0.787. The van der Waals surface area contributed by atoms with Gasteiger partial charge in [0.1, 0.15) is 12.4 Å². The van der Waals surface area contributed by atoms with Crippen LogP contribution in [-0.4, -0.2) is 42.1 Å². The average molecular weight is 339 g/mol. The van der Waals surface area contributed by atoms with Gasteiger partial charge in [0.05, 0.1) is 6.54 Å². The number of amides is 1. The van der Waals surface area contributed by atoms with E-state index in [4.69, 9.17) is 9.84 Å². The number of nitrogens with zero attached hydrogens (tertiary/aromatic N) is 1. The molecule has 25 heavy (non-hydrogen) atoms. The number of carboxylic acids is 1. The van der Waals surface area contributed by atoms with Gasteiger partial charge in [-0.2, -0.15) is 0 Å². The lowest BCUT2D eigenvalue weighted by molar-refractivity contribution is -0.131. The van der Waals surface area contributed by atoms with E-state index in [1.54, 1.807) is 24.1 Å². The van der Waals surface area contributed by atoms with Crippen LogP contribution in [0.3, 0.4) is 0 Å². The molecule has 0 fully saturated rings. The van der Waals surface area contributed by atoms with Crippen LogP contribution >= 0.6 is 0 Å². The first-order chi connectivity index (χ1) is 12.0. The summed E-state index contributed by atoms with van der Waals surface area (Å²) >= 11 is 0. The smallest absolute Gasteiger partial charge is 0.328 e. The molecule has 2 aromatic rings. The molecular formula is C20H21NO4. The van der Waals surface area contributed by atoms with Crippen LogP contribution in [0.5, 0.6) is 5.75 Å². The molecule has 0 saturated carbocycles. The largest absolute Gasteiger partial charge is 0.492 e. The molecule has 0 heterocycles. The predicted molar refractivity (Wildman–Crippen MR) is 96.7 cm³/mol. The molecule has 1 amide bonds. The van der Waals surface area contributed by atoms with Gasteiger partial charge in [0.15, 0.2) is 0 Å². The van der Waals surface area contributed by atoms with Crippen molar-refractivity contribution in [2.24, 2.45) is 0 Å². The van der Waals surface area contributed by atoms with Crippen LogP contribution in [0.25, 0.3) is 6.08 Å². The summed E-state index contributed by atoms with van der Waals surface area (Å²) in [5.41, 5.74) is 2.06. The molecule has 0 aliphatic rings. The first-order valence-corrected chi connectivity index (χ1v) is 7.92. The minimum absolute atomic E-state index is 0.125. The predicted octanol–water partition coefficient (Wildman–Crippen LogP) is 3.24. The van der Waals surface area contributed by atoms with Crippen molar-refractivity contribution in [2.45, 2.75) is 6.92 Å². The second-order valence-electron chi connectivity index (χ2n) is 5.63. The molecule has 0 saturated heterocycles. The molecule has 1 N–H and O–H groups in total. The summed E-state index contributed by atoms with van der Waals surface area (Å²) in [7, 11) is 1.72. The Morgan fingerprint density at radius 1 is 1.16 bits per heavy atom. The highest BCUT2D eigenvalue weighted by atomic mass is 16.5. The van der Waals surface area contributed by atoms with E-state index in [2.05, 4.69) is 0 Å². The number of carbonyl (C=O) groups is 2. The molecule has 5 nitrogen and oxygen atoms in total. The zero-order chi connectivity index (χ0) is 18.2. The van der Waals surface area contributed by atoms with Gasteiger partial charge in [-0.25, -0.2) is 4.79 Å². The van der Waals surface area contributed by atoms with E-state index >= 15 is 0 Å². The minimum Gasteiger partial charge on any atom is -0.492 e. The van der Waals surface area contributed by atoms with Crippen molar-refractivity contribution in [3.05, 3.63) is 71.3 Å². The molecule has 0 aromatic heterocycles. The number of hydrogen-bond donors (Lipinski definition) is 1. The molecule has 0 aliphatic carbocycles. The van der Waals surface area contributed by atoms with Gasteiger partial charge in [-0.1, -0.05) is 30.3 Å². The number of aliphatic carboxylic acids is 1.